The molecular formula is C27H30N4O4. The van der Waals surface area contributed by atoms with Gasteiger partial charge in [-0.2, -0.15) is 5.10 Å². The van der Waals surface area contributed by atoms with Crippen LogP contribution in [0.25, 0.3) is 21.8 Å². The van der Waals surface area contributed by atoms with Gasteiger partial charge in [-0.25, -0.2) is 4.68 Å². The Morgan fingerprint density at radius 1 is 1.11 bits per heavy atom. The van der Waals surface area contributed by atoms with Crippen molar-refractivity contribution in [3.05, 3.63) is 64.1 Å². The van der Waals surface area contributed by atoms with E-state index in [0.29, 0.717) is 30.0 Å². The van der Waals surface area contributed by atoms with Crippen LogP contribution in [0, 0.1) is 0 Å². The van der Waals surface area contributed by atoms with Crippen LogP contribution in [0.4, 0.5) is 0 Å². The number of methoxy groups -OCH3 is 2. The van der Waals surface area contributed by atoms with Gasteiger partial charge in [0.1, 0.15) is 12.1 Å². The Balaban J connectivity index is 1.48. The molecular weight excluding hydrogens is 444 g/mol. The third kappa shape index (κ3) is 3.73. The van der Waals surface area contributed by atoms with Gasteiger partial charge in [-0.15, -0.1) is 0 Å². The van der Waals surface area contributed by atoms with Crippen LogP contribution in [0.5, 0.6) is 11.5 Å². The standard InChI is InChI=1S/C27H30N4O4/c1-5-11-30-22-9-7-6-8-19(22)21-15-28-31(27(33)26(21)30)16-25(32)29-12-10-18-13-23(34-3)24(35-4)14-20(18)17(29)2/h6-9,13-15,17H,5,10-12,16H2,1-4H3. The largest absolute Gasteiger partial charge is 0.493 e. The number of aryl methyl sites for hydroxylation is 1. The Morgan fingerprint density at radius 2 is 1.86 bits per heavy atom. The first-order valence-corrected chi connectivity index (χ1v) is 12.0. The average molecular weight is 475 g/mol. The van der Waals surface area contributed by atoms with Crippen molar-refractivity contribution < 1.29 is 14.3 Å². The van der Waals surface area contributed by atoms with Gasteiger partial charge in [0.05, 0.1) is 26.5 Å². The maximum Gasteiger partial charge on any atom is 0.291 e. The number of nitrogens with zero attached hydrogens (tertiary/aromatic N) is 4. The van der Waals surface area contributed by atoms with Gasteiger partial charge < -0.3 is 18.9 Å². The number of ether oxygens (including phenoxy) is 2. The highest BCUT2D eigenvalue weighted by molar-refractivity contribution is 6.07. The predicted octanol–water partition coefficient (Wildman–Crippen LogP) is 3.92. The first-order chi connectivity index (χ1) is 17.0. The van der Waals surface area contributed by atoms with Crippen molar-refractivity contribution in [2.24, 2.45) is 0 Å². The summed E-state index contributed by atoms with van der Waals surface area (Å²) in [5, 5.41) is 6.22. The molecule has 0 fully saturated rings. The van der Waals surface area contributed by atoms with Gasteiger partial charge in [0.2, 0.25) is 5.91 Å². The van der Waals surface area contributed by atoms with Crippen LogP contribution in [-0.2, 0) is 24.3 Å². The lowest BCUT2D eigenvalue weighted by molar-refractivity contribution is -0.134. The van der Waals surface area contributed by atoms with Crippen LogP contribution in [0.2, 0.25) is 0 Å². The SMILES string of the molecule is CCCn1c2ccccc2c2cnn(CC(=O)N3CCc4cc(OC)c(OC)cc4C3C)c(=O)c21. The van der Waals surface area contributed by atoms with E-state index in [1.54, 1.807) is 20.4 Å². The Labute approximate surface area is 203 Å². The summed E-state index contributed by atoms with van der Waals surface area (Å²) in [6.45, 7) is 5.28. The van der Waals surface area contributed by atoms with Crippen LogP contribution < -0.4 is 15.0 Å². The molecule has 4 aromatic rings. The molecule has 182 valence electrons. The average Bonchev–Trinajstić information content (AvgIpc) is 3.19. The van der Waals surface area contributed by atoms with E-state index in [0.717, 1.165) is 40.4 Å². The summed E-state index contributed by atoms with van der Waals surface area (Å²) in [5.41, 5.74) is 3.54. The number of fused-ring (bicyclic) bond motifs is 4. The number of para-hydroxylation sites is 1. The van der Waals surface area contributed by atoms with E-state index in [4.69, 9.17) is 9.47 Å². The highest BCUT2D eigenvalue weighted by Crippen LogP contribution is 2.38. The zero-order chi connectivity index (χ0) is 24.7. The number of carbonyl (C=O) groups is 1. The van der Waals surface area contributed by atoms with Gasteiger partial charge in [0.25, 0.3) is 5.56 Å². The zero-order valence-corrected chi connectivity index (χ0v) is 20.6. The fraction of sp³-hybridized carbons (Fsp3) is 0.370. The molecule has 0 saturated heterocycles. The fourth-order valence-corrected chi connectivity index (χ4v) is 5.27. The number of rotatable bonds is 6. The van der Waals surface area contributed by atoms with Crippen LogP contribution in [0.3, 0.4) is 0 Å². The summed E-state index contributed by atoms with van der Waals surface area (Å²) in [7, 11) is 3.22. The van der Waals surface area contributed by atoms with E-state index in [9.17, 15) is 9.59 Å². The van der Waals surface area contributed by atoms with Gasteiger partial charge in [0, 0.05) is 29.4 Å². The second-order valence-corrected chi connectivity index (χ2v) is 8.96. The molecule has 0 saturated carbocycles. The predicted molar refractivity (Wildman–Crippen MR) is 135 cm³/mol. The molecule has 0 aliphatic carbocycles. The molecule has 1 unspecified atom stereocenters. The zero-order valence-electron chi connectivity index (χ0n) is 20.6. The molecule has 2 aromatic heterocycles. The summed E-state index contributed by atoms with van der Waals surface area (Å²) >= 11 is 0. The lowest BCUT2D eigenvalue weighted by Gasteiger charge is -2.35. The molecule has 1 aliphatic heterocycles. The van der Waals surface area contributed by atoms with Crippen molar-refractivity contribution in [3.8, 4) is 11.5 Å². The lowest BCUT2D eigenvalue weighted by Crippen LogP contribution is -2.42. The Bertz CT molecular complexity index is 1490. The van der Waals surface area contributed by atoms with E-state index in [2.05, 4.69) is 16.6 Å². The molecule has 0 spiro atoms. The van der Waals surface area contributed by atoms with Crippen LogP contribution in [0.1, 0.15) is 37.4 Å². The fourth-order valence-electron chi connectivity index (χ4n) is 5.27. The third-order valence-corrected chi connectivity index (χ3v) is 7.01. The molecule has 35 heavy (non-hydrogen) atoms. The van der Waals surface area contributed by atoms with E-state index < -0.39 is 0 Å². The smallest absolute Gasteiger partial charge is 0.291 e. The number of amides is 1. The van der Waals surface area contributed by atoms with Crippen LogP contribution in [0.15, 0.2) is 47.4 Å². The van der Waals surface area contributed by atoms with Gasteiger partial charge in [-0.1, -0.05) is 25.1 Å². The molecule has 0 N–H and O–H groups in total. The Kier molecular flexibility index (Phi) is 5.96. The normalized spacial score (nSPS) is 15.4. The highest BCUT2D eigenvalue weighted by Gasteiger charge is 2.30. The topological polar surface area (TPSA) is 78.6 Å². The molecule has 0 radical (unpaired) electrons. The van der Waals surface area contributed by atoms with Crippen molar-refractivity contribution in [3.63, 3.8) is 0 Å². The van der Waals surface area contributed by atoms with Crippen molar-refractivity contribution in [1.82, 2.24) is 19.2 Å². The number of carbonyl (C=O) groups excluding carboxylic acids is 1. The number of aromatic nitrogens is 3. The van der Waals surface area contributed by atoms with E-state index in [1.807, 2.05) is 48.2 Å². The molecule has 3 heterocycles. The van der Waals surface area contributed by atoms with Crippen molar-refractivity contribution in [2.45, 2.75) is 45.8 Å². The van der Waals surface area contributed by atoms with Gasteiger partial charge >= 0.3 is 0 Å². The van der Waals surface area contributed by atoms with Gasteiger partial charge in [-0.3, -0.25) is 9.59 Å². The lowest BCUT2D eigenvalue weighted by atomic mass is 9.92. The van der Waals surface area contributed by atoms with Crippen molar-refractivity contribution in [2.75, 3.05) is 20.8 Å². The Hall–Kier alpha value is -3.81. The quantitative estimate of drug-likeness (QED) is 0.423. The van der Waals surface area contributed by atoms with Crippen molar-refractivity contribution >= 4 is 27.7 Å². The molecule has 1 aliphatic rings. The Morgan fingerprint density at radius 3 is 2.60 bits per heavy atom. The summed E-state index contributed by atoms with van der Waals surface area (Å²) in [6.07, 6.45) is 3.32. The molecule has 0 bridgehead atoms. The molecule has 1 amide bonds. The summed E-state index contributed by atoms with van der Waals surface area (Å²) < 4.78 is 14.3. The number of hydrogen-bond donors (Lipinski definition) is 0. The van der Waals surface area contributed by atoms with Gasteiger partial charge in [0.15, 0.2) is 11.5 Å². The minimum Gasteiger partial charge on any atom is -0.493 e. The monoisotopic (exact) mass is 474 g/mol. The minimum atomic E-state index is -0.239. The minimum absolute atomic E-state index is 0.102. The molecule has 8 nitrogen and oxygen atoms in total. The second-order valence-electron chi connectivity index (χ2n) is 8.96. The number of benzene rings is 2. The van der Waals surface area contributed by atoms with E-state index in [-0.39, 0.29) is 24.1 Å². The number of hydrogen-bond acceptors (Lipinski definition) is 5. The first kappa shape index (κ1) is 23.0. The van der Waals surface area contributed by atoms with E-state index >= 15 is 0 Å². The summed E-state index contributed by atoms with van der Waals surface area (Å²) in [5.74, 6) is 1.19. The van der Waals surface area contributed by atoms with E-state index in [1.165, 1.54) is 4.68 Å². The maximum absolute atomic E-state index is 13.5. The third-order valence-electron chi connectivity index (χ3n) is 7.01. The molecule has 5 rings (SSSR count). The molecule has 2 aromatic carbocycles. The maximum atomic E-state index is 13.5. The summed E-state index contributed by atoms with van der Waals surface area (Å²) in [6, 6.07) is 11.7. The van der Waals surface area contributed by atoms with Crippen LogP contribution >= 0.6 is 0 Å². The molecule has 8 heteroatoms. The molecule has 1 atom stereocenters. The summed E-state index contributed by atoms with van der Waals surface area (Å²) in [4.78, 5) is 28.7. The van der Waals surface area contributed by atoms with Gasteiger partial charge in [-0.05, 0) is 49.1 Å². The van der Waals surface area contributed by atoms with Crippen LogP contribution in [-0.4, -0.2) is 45.9 Å². The van der Waals surface area contributed by atoms with Crippen molar-refractivity contribution in [1.29, 1.82) is 0 Å². The second kappa shape index (κ2) is 9.09. The highest BCUT2D eigenvalue weighted by atomic mass is 16.5. The first-order valence-electron chi connectivity index (χ1n) is 12.0.